The van der Waals surface area contributed by atoms with Gasteiger partial charge in [0, 0.05) is 6.42 Å². The second-order valence-corrected chi connectivity index (χ2v) is 11.1. The van der Waals surface area contributed by atoms with Gasteiger partial charge in [0.2, 0.25) is 5.91 Å². The first-order chi connectivity index (χ1) is 19.3. The Labute approximate surface area is 244 Å². The van der Waals surface area contributed by atoms with Gasteiger partial charge in [0.15, 0.2) is 0 Å². The van der Waals surface area contributed by atoms with Crippen LogP contribution in [0.4, 0.5) is 0 Å². The summed E-state index contributed by atoms with van der Waals surface area (Å²) in [7, 11) is -4.37. The average molecular weight is 576 g/mol. The number of hydrogen-bond donors (Lipinski definition) is 3. The summed E-state index contributed by atoms with van der Waals surface area (Å²) in [6.45, 7) is 4.30. The maximum Gasteiger partial charge on any atom is 0.267 e. The van der Waals surface area contributed by atoms with Crippen molar-refractivity contribution in [1.29, 1.82) is 0 Å². The Balaban J connectivity index is 4.37. The van der Waals surface area contributed by atoms with Gasteiger partial charge in [-0.1, -0.05) is 112 Å². The molecule has 0 aliphatic carbocycles. The van der Waals surface area contributed by atoms with Crippen LogP contribution in [0.3, 0.4) is 0 Å². The zero-order valence-corrected chi connectivity index (χ0v) is 25.5. The normalized spacial score (nSPS) is 14.8. The van der Waals surface area contributed by atoms with Crippen molar-refractivity contribution in [1.82, 2.24) is 5.32 Å². The molecular weight excluding hydrogens is 522 g/mol. The molecule has 0 aliphatic heterocycles. The van der Waals surface area contributed by atoms with Gasteiger partial charge in [0.05, 0.1) is 17.9 Å². The molecule has 0 radical (unpaired) electrons. The first-order valence-electron chi connectivity index (χ1n) is 14.8. The minimum Gasteiger partial charge on any atom is -0.387 e. The quantitative estimate of drug-likeness (QED) is 0.0621. The first kappa shape index (κ1) is 37.5. The molecule has 0 aromatic rings. The maximum atomic E-state index is 12.3. The summed E-state index contributed by atoms with van der Waals surface area (Å²) in [5.74, 6) is -1.13. The van der Waals surface area contributed by atoms with E-state index in [0.29, 0.717) is 12.8 Å². The molecule has 3 N–H and O–H groups in total. The van der Waals surface area contributed by atoms with Gasteiger partial charge in [-0.05, 0) is 64.2 Å². The van der Waals surface area contributed by atoms with Gasteiger partial charge in [0.25, 0.3) is 10.1 Å². The molecule has 0 spiro atoms. The molecule has 7 heteroatoms. The van der Waals surface area contributed by atoms with Gasteiger partial charge in [-0.2, -0.15) is 8.42 Å². The molecule has 40 heavy (non-hydrogen) atoms. The van der Waals surface area contributed by atoms with Crippen molar-refractivity contribution in [2.75, 3.05) is 5.75 Å². The number of rotatable bonds is 24. The van der Waals surface area contributed by atoms with Gasteiger partial charge in [0.1, 0.15) is 0 Å². The standard InChI is InChI=1S/C33H53NO5S/c1-3-5-7-9-11-13-15-17-19-21-23-25-27-29-33(36)34-31(30-40(37,38)39)32(35)28-26-24-22-20-18-16-14-12-10-8-6-4-2/h5,7,10-13,17-20,23,25-26,28,31-32,35H,3-4,6,8-9,14-16,21-22,24,27,29-30H2,1-2H3,(H,34,36)(H,37,38,39)/b7-5-,12-10+,13-11-,19-17-,20-18+,25-23-,28-26+. The Morgan fingerprint density at radius 1 is 0.700 bits per heavy atom. The van der Waals surface area contributed by atoms with Crippen molar-refractivity contribution in [2.45, 2.75) is 109 Å². The molecule has 0 aliphatic rings. The summed E-state index contributed by atoms with van der Waals surface area (Å²) in [5, 5.41) is 13.0. The predicted molar refractivity (Wildman–Crippen MR) is 170 cm³/mol. The number of allylic oxidation sites excluding steroid dienone is 13. The molecule has 0 saturated carbocycles. The summed E-state index contributed by atoms with van der Waals surface area (Å²) in [5.41, 5.74) is 0. The highest BCUT2D eigenvalue weighted by Gasteiger charge is 2.24. The summed E-state index contributed by atoms with van der Waals surface area (Å²) < 4.78 is 32.1. The largest absolute Gasteiger partial charge is 0.387 e. The van der Waals surface area contributed by atoms with E-state index in [2.05, 4.69) is 79.9 Å². The highest BCUT2D eigenvalue weighted by Crippen LogP contribution is 2.05. The molecule has 0 aromatic heterocycles. The highest BCUT2D eigenvalue weighted by molar-refractivity contribution is 7.85. The topological polar surface area (TPSA) is 104 Å². The van der Waals surface area contributed by atoms with Crippen LogP contribution < -0.4 is 5.32 Å². The van der Waals surface area contributed by atoms with Crippen molar-refractivity contribution in [2.24, 2.45) is 0 Å². The van der Waals surface area contributed by atoms with Crippen molar-refractivity contribution in [3.05, 3.63) is 85.1 Å². The molecular formula is C33H53NO5S. The Kier molecular flexibility index (Phi) is 25.1. The molecule has 0 bridgehead atoms. The minimum atomic E-state index is -4.37. The van der Waals surface area contributed by atoms with E-state index in [1.165, 1.54) is 18.9 Å². The SMILES string of the molecule is CC/C=C\C/C=C\C/C=C\C/C=C\CCC(=O)NC(CS(=O)(=O)O)C(O)/C=C/CC/C=C/CC/C=C/CCCC. The van der Waals surface area contributed by atoms with Crippen molar-refractivity contribution in [3.8, 4) is 0 Å². The number of unbranched alkanes of at least 4 members (excludes halogenated alkanes) is 4. The molecule has 226 valence electrons. The van der Waals surface area contributed by atoms with Crippen LogP contribution in [-0.2, 0) is 14.9 Å². The van der Waals surface area contributed by atoms with E-state index in [4.69, 9.17) is 0 Å². The lowest BCUT2D eigenvalue weighted by Gasteiger charge is -2.20. The molecule has 2 unspecified atom stereocenters. The summed E-state index contributed by atoms with van der Waals surface area (Å²) in [6.07, 6.45) is 38.7. The van der Waals surface area contributed by atoms with Crippen LogP contribution >= 0.6 is 0 Å². The monoisotopic (exact) mass is 575 g/mol. The van der Waals surface area contributed by atoms with Crippen LogP contribution in [0, 0.1) is 0 Å². The van der Waals surface area contributed by atoms with Gasteiger partial charge >= 0.3 is 0 Å². The molecule has 6 nitrogen and oxygen atoms in total. The van der Waals surface area contributed by atoms with E-state index >= 15 is 0 Å². The number of carbonyl (C=O) groups excluding carboxylic acids is 1. The van der Waals surface area contributed by atoms with Gasteiger partial charge < -0.3 is 10.4 Å². The fourth-order valence-electron chi connectivity index (χ4n) is 3.59. The van der Waals surface area contributed by atoms with Gasteiger partial charge in [-0.15, -0.1) is 0 Å². The van der Waals surface area contributed by atoms with E-state index in [1.54, 1.807) is 6.08 Å². The smallest absolute Gasteiger partial charge is 0.267 e. The predicted octanol–water partition coefficient (Wildman–Crippen LogP) is 7.72. The van der Waals surface area contributed by atoms with Crippen molar-refractivity contribution >= 4 is 16.0 Å². The fraction of sp³-hybridized carbons (Fsp3) is 0.545. The highest BCUT2D eigenvalue weighted by atomic mass is 32.2. The fourth-order valence-corrected chi connectivity index (χ4v) is 4.33. The summed E-state index contributed by atoms with van der Waals surface area (Å²) >= 11 is 0. The Morgan fingerprint density at radius 2 is 1.18 bits per heavy atom. The summed E-state index contributed by atoms with van der Waals surface area (Å²) in [6, 6.07) is -1.12. The molecule has 0 heterocycles. The third-order valence-corrected chi connectivity index (χ3v) is 6.58. The molecule has 0 saturated heterocycles. The van der Waals surface area contributed by atoms with Crippen LogP contribution in [0.2, 0.25) is 0 Å². The molecule has 0 fully saturated rings. The van der Waals surface area contributed by atoms with Crippen molar-refractivity contribution < 1.29 is 22.9 Å². The maximum absolute atomic E-state index is 12.3. The second-order valence-electron chi connectivity index (χ2n) is 9.62. The molecule has 1 amide bonds. The number of amides is 1. The third-order valence-electron chi connectivity index (χ3n) is 5.80. The first-order valence-corrected chi connectivity index (χ1v) is 16.4. The lowest BCUT2D eigenvalue weighted by Crippen LogP contribution is -2.46. The zero-order valence-electron chi connectivity index (χ0n) is 24.7. The lowest BCUT2D eigenvalue weighted by molar-refractivity contribution is -0.122. The van der Waals surface area contributed by atoms with Crippen molar-refractivity contribution in [3.63, 3.8) is 0 Å². The van der Waals surface area contributed by atoms with E-state index < -0.39 is 28.0 Å². The van der Waals surface area contributed by atoms with E-state index in [0.717, 1.165) is 51.4 Å². The summed E-state index contributed by atoms with van der Waals surface area (Å²) in [4.78, 5) is 12.3. The number of aliphatic hydroxyl groups excluding tert-OH is 1. The number of nitrogens with one attached hydrogen (secondary N) is 1. The average Bonchev–Trinajstić information content (AvgIpc) is 2.90. The number of hydrogen-bond acceptors (Lipinski definition) is 4. The van der Waals surface area contributed by atoms with Crippen LogP contribution in [0.1, 0.15) is 97.3 Å². The Hall–Kier alpha value is -2.48. The van der Waals surface area contributed by atoms with Crippen LogP contribution in [0.5, 0.6) is 0 Å². The van der Waals surface area contributed by atoms with E-state index in [1.807, 2.05) is 12.2 Å². The van der Waals surface area contributed by atoms with Crippen LogP contribution in [0.15, 0.2) is 85.1 Å². The van der Waals surface area contributed by atoms with Gasteiger partial charge in [-0.3, -0.25) is 9.35 Å². The molecule has 0 aromatic carbocycles. The zero-order chi connectivity index (χ0) is 29.7. The third kappa shape index (κ3) is 27.1. The van der Waals surface area contributed by atoms with E-state index in [9.17, 15) is 22.9 Å². The lowest BCUT2D eigenvalue weighted by atomic mass is 10.1. The second kappa shape index (κ2) is 26.7. The Morgan fingerprint density at radius 3 is 1.70 bits per heavy atom. The van der Waals surface area contributed by atoms with Crippen LogP contribution in [-0.4, -0.2) is 41.9 Å². The Bertz CT molecular complexity index is 942. The minimum absolute atomic E-state index is 0.158. The molecule has 2 atom stereocenters. The molecule has 0 rings (SSSR count). The number of carbonyl (C=O) groups is 1. The van der Waals surface area contributed by atoms with E-state index in [-0.39, 0.29) is 12.3 Å². The van der Waals surface area contributed by atoms with Crippen LogP contribution in [0.25, 0.3) is 0 Å². The number of aliphatic hydroxyl groups is 1. The van der Waals surface area contributed by atoms with Gasteiger partial charge in [-0.25, -0.2) is 0 Å².